The van der Waals surface area contributed by atoms with Gasteiger partial charge in [0, 0.05) is 5.56 Å². The molecule has 5 heteroatoms. The second-order valence-corrected chi connectivity index (χ2v) is 5.08. The molecule has 2 aromatic rings. The fourth-order valence-corrected chi connectivity index (χ4v) is 1.98. The number of aryl methyl sites for hydroxylation is 1. The molecule has 1 aromatic carbocycles. The lowest BCUT2D eigenvalue weighted by Crippen LogP contribution is -2.22. The smallest absolute Gasteiger partial charge is 0.257 e. The van der Waals surface area contributed by atoms with Crippen molar-refractivity contribution >= 4 is 0 Å². The molecule has 0 aliphatic heterocycles. The van der Waals surface area contributed by atoms with E-state index in [-0.39, 0.29) is 0 Å². The molecule has 0 aliphatic rings. The summed E-state index contributed by atoms with van der Waals surface area (Å²) in [6.07, 6.45) is 1.11. The standard InChI is InChI=1S/C15H22N4O/c1-12-5-7-13(8-6-12)15-17-14(18-20-15)11-19(3)10-4-9-16-2/h5-8,16H,4,9-11H2,1-3H3. The van der Waals surface area contributed by atoms with Crippen LogP contribution in [0.15, 0.2) is 28.8 Å². The number of rotatable bonds is 7. The maximum Gasteiger partial charge on any atom is 0.257 e. The van der Waals surface area contributed by atoms with Gasteiger partial charge in [-0.2, -0.15) is 4.98 Å². The molecule has 0 spiro atoms. The highest BCUT2D eigenvalue weighted by Gasteiger charge is 2.10. The Balaban J connectivity index is 1.93. The van der Waals surface area contributed by atoms with Gasteiger partial charge < -0.3 is 9.84 Å². The van der Waals surface area contributed by atoms with Gasteiger partial charge in [-0.25, -0.2) is 0 Å². The third kappa shape index (κ3) is 4.15. The number of hydrogen-bond acceptors (Lipinski definition) is 5. The summed E-state index contributed by atoms with van der Waals surface area (Å²) in [5.41, 5.74) is 2.19. The minimum Gasteiger partial charge on any atom is -0.334 e. The Morgan fingerprint density at radius 1 is 1.25 bits per heavy atom. The van der Waals surface area contributed by atoms with Gasteiger partial charge in [0.2, 0.25) is 0 Å². The normalized spacial score (nSPS) is 11.2. The fraction of sp³-hybridized carbons (Fsp3) is 0.467. The zero-order valence-electron chi connectivity index (χ0n) is 12.4. The van der Waals surface area contributed by atoms with Crippen LogP contribution in [-0.2, 0) is 6.54 Å². The fourth-order valence-electron chi connectivity index (χ4n) is 1.98. The quantitative estimate of drug-likeness (QED) is 0.783. The Bertz CT molecular complexity index is 521. The molecule has 108 valence electrons. The van der Waals surface area contributed by atoms with Crippen LogP contribution in [-0.4, -0.2) is 42.2 Å². The summed E-state index contributed by atoms with van der Waals surface area (Å²) < 4.78 is 5.32. The molecule has 1 N–H and O–H groups in total. The van der Waals surface area contributed by atoms with E-state index in [1.807, 2.05) is 31.3 Å². The van der Waals surface area contributed by atoms with Crippen LogP contribution in [0.1, 0.15) is 17.8 Å². The predicted octanol–water partition coefficient (Wildman–Crippen LogP) is 2.09. The summed E-state index contributed by atoms with van der Waals surface area (Å²) in [5.74, 6) is 1.32. The molecule has 2 rings (SSSR count). The first-order chi connectivity index (χ1) is 9.69. The zero-order valence-corrected chi connectivity index (χ0v) is 12.4. The molecular weight excluding hydrogens is 252 g/mol. The van der Waals surface area contributed by atoms with Gasteiger partial charge in [0.1, 0.15) is 0 Å². The average Bonchev–Trinajstić information content (AvgIpc) is 2.88. The van der Waals surface area contributed by atoms with Crippen LogP contribution in [0.3, 0.4) is 0 Å². The number of nitrogens with one attached hydrogen (secondary N) is 1. The molecule has 5 nitrogen and oxygen atoms in total. The number of hydrogen-bond donors (Lipinski definition) is 1. The highest BCUT2D eigenvalue weighted by atomic mass is 16.5. The average molecular weight is 274 g/mol. The summed E-state index contributed by atoms with van der Waals surface area (Å²) in [6, 6.07) is 8.10. The van der Waals surface area contributed by atoms with Crippen LogP contribution in [0.5, 0.6) is 0 Å². The molecule has 0 bridgehead atoms. The second-order valence-electron chi connectivity index (χ2n) is 5.08. The lowest BCUT2D eigenvalue weighted by Gasteiger charge is -2.13. The molecule has 1 heterocycles. The van der Waals surface area contributed by atoms with Crippen molar-refractivity contribution in [3.05, 3.63) is 35.7 Å². The first-order valence-electron chi connectivity index (χ1n) is 6.92. The van der Waals surface area contributed by atoms with Gasteiger partial charge in [0.15, 0.2) is 5.82 Å². The van der Waals surface area contributed by atoms with Gasteiger partial charge in [-0.15, -0.1) is 0 Å². The van der Waals surface area contributed by atoms with E-state index in [4.69, 9.17) is 4.52 Å². The maximum absolute atomic E-state index is 5.32. The van der Waals surface area contributed by atoms with E-state index in [0.717, 1.165) is 30.9 Å². The van der Waals surface area contributed by atoms with Crippen molar-refractivity contribution in [2.75, 3.05) is 27.2 Å². The highest BCUT2D eigenvalue weighted by molar-refractivity contribution is 5.53. The molecule has 0 saturated carbocycles. The van der Waals surface area contributed by atoms with Crippen LogP contribution in [0, 0.1) is 6.92 Å². The molecular formula is C15H22N4O. The van der Waals surface area contributed by atoms with Gasteiger partial charge in [-0.1, -0.05) is 22.9 Å². The lowest BCUT2D eigenvalue weighted by molar-refractivity contribution is 0.305. The minimum absolute atomic E-state index is 0.587. The van der Waals surface area contributed by atoms with Crippen LogP contribution in [0.4, 0.5) is 0 Å². The summed E-state index contributed by atoms with van der Waals surface area (Å²) in [7, 11) is 4.03. The van der Waals surface area contributed by atoms with Crippen molar-refractivity contribution in [3.63, 3.8) is 0 Å². The zero-order chi connectivity index (χ0) is 14.4. The molecule has 0 amide bonds. The van der Waals surface area contributed by atoms with Crippen molar-refractivity contribution in [3.8, 4) is 11.5 Å². The lowest BCUT2D eigenvalue weighted by atomic mass is 10.1. The second kappa shape index (κ2) is 7.17. The Kier molecular flexibility index (Phi) is 5.26. The van der Waals surface area contributed by atoms with Crippen LogP contribution >= 0.6 is 0 Å². The van der Waals surface area contributed by atoms with E-state index in [2.05, 4.69) is 34.3 Å². The van der Waals surface area contributed by atoms with Crippen molar-refractivity contribution < 1.29 is 4.52 Å². The Morgan fingerprint density at radius 2 is 2.00 bits per heavy atom. The largest absolute Gasteiger partial charge is 0.334 e. The Hall–Kier alpha value is -1.72. The summed E-state index contributed by atoms with van der Waals surface area (Å²) >= 11 is 0. The molecule has 0 atom stereocenters. The van der Waals surface area contributed by atoms with E-state index in [9.17, 15) is 0 Å². The van der Waals surface area contributed by atoms with Crippen molar-refractivity contribution in [2.45, 2.75) is 19.9 Å². The highest BCUT2D eigenvalue weighted by Crippen LogP contribution is 2.17. The molecule has 0 radical (unpaired) electrons. The van der Waals surface area contributed by atoms with Gasteiger partial charge in [-0.05, 0) is 52.7 Å². The first-order valence-corrected chi connectivity index (χ1v) is 6.92. The van der Waals surface area contributed by atoms with Crippen molar-refractivity contribution in [1.82, 2.24) is 20.4 Å². The van der Waals surface area contributed by atoms with Gasteiger partial charge in [-0.3, -0.25) is 4.90 Å². The molecule has 0 unspecified atom stereocenters. The van der Waals surface area contributed by atoms with E-state index in [1.165, 1.54) is 5.56 Å². The van der Waals surface area contributed by atoms with Gasteiger partial charge >= 0.3 is 0 Å². The van der Waals surface area contributed by atoms with Gasteiger partial charge in [0.25, 0.3) is 5.89 Å². The van der Waals surface area contributed by atoms with Crippen LogP contribution in [0.2, 0.25) is 0 Å². The third-order valence-electron chi connectivity index (χ3n) is 3.14. The maximum atomic E-state index is 5.32. The molecule has 0 saturated heterocycles. The summed E-state index contributed by atoms with van der Waals surface area (Å²) in [5, 5.41) is 7.18. The third-order valence-corrected chi connectivity index (χ3v) is 3.14. The van der Waals surface area contributed by atoms with Crippen molar-refractivity contribution in [2.24, 2.45) is 0 Å². The van der Waals surface area contributed by atoms with E-state index >= 15 is 0 Å². The molecule has 20 heavy (non-hydrogen) atoms. The Morgan fingerprint density at radius 3 is 2.70 bits per heavy atom. The van der Waals surface area contributed by atoms with E-state index in [0.29, 0.717) is 12.4 Å². The topological polar surface area (TPSA) is 54.2 Å². The molecule has 0 fully saturated rings. The van der Waals surface area contributed by atoms with Crippen LogP contribution in [0.25, 0.3) is 11.5 Å². The predicted molar refractivity (Wildman–Crippen MR) is 79.3 cm³/mol. The monoisotopic (exact) mass is 274 g/mol. The van der Waals surface area contributed by atoms with E-state index in [1.54, 1.807) is 0 Å². The number of benzene rings is 1. The van der Waals surface area contributed by atoms with Crippen molar-refractivity contribution in [1.29, 1.82) is 0 Å². The van der Waals surface area contributed by atoms with Gasteiger partial charge in [0.05, 0.1) is 6.54 Å². The minimum atomic E-state index is 0.587. The SMILES string of the molecule is CNCCCN(C)Cc1noc(-c2ccc(C)cc2)n1. The van der Waals surface area contributed by atoms with E-state index < -0.39 is 0 Å². The molecule has 0 aliphatic carbocycles. The Labute approximate surface area is 120 Å². The van der Waals surface area contributed by atoms with Crippen LogP contribution < -0.4 is 5.32 Å². The summed E-state index contributed by atoms with van der Waals surface area (Å²) in [4.78, 5) is 6.64. The molecule has 1 aromatic heterocycles. The first kappa shape index (κ1) is 14.7. The number of nitrogens with zero attached hydrogens (tertiary/aromatic N) is 3. The number of aromatic nitrogens is 2. The summed E-state index contributed by atoms with van der Waals surface area (Å²) in [6.45, 7) is 4.79.